The molecule has 1 saturated heterocycles. The van der Waals surface area contributed by atoms with Gasteiger partial charge in [-0.1, -0.05) is 297 Å². The first-order valence-electron chi connectivity index (χ1n) is 36.0. The fourth-order valence-corrected chi connectivity index (χ4v) is 14.2. The van der Waals surface area contributed by atoms with E-state index < -0.39 is 74.9 Å². The van der Waals surface area contributed by atoms with Crippen LogP contribution >= 0.6 is 7.37 Å². The first-order chi connectivity index (χ1) is 45.6. The molecule has 0 aromatic heterocycles. The third-order valence-electron chi connectivity index (χ3n) is 17.3. The van der Waals surface area contributed by atoms with E-state index in [0.29, 0.717) is 29.9 Å². The molecule has 14 nitrogen and oxygen atoms in total. The van der Waals surface area contributed by atoms with Gasteiger partial charge in [0.05, 0.1) is 32.2 Å². The number of nitrogens with one attached hydrogen (secondary N) is 1. The highest BCUT2D eigenvalue weighted by atomic mass is 31.2. The maximum atomic E-state index is 16.2. The van der Waals surface area contributed by atoms with E-state index in [9.17, 15) is 9.59 Å². The lowest BCUT2D eigenvalue weighted by molar-refractivity contribution is -0.267. The van der Waals surface area contributed by atoms with Crippen molar-refractivity contribution in [1.82, 2.24) is 5.32 Å². The van der Waals surface area contributed by atoms with E-state index in [1.807, 2.05) is 60.7 Å². The van der Waals surface area contributed by atoms with Crippen molar-refractivity contribution in [3.8, 4) is 0 Å². The second-order valence-corrected chi connectivity index (χ2v) is 27.6. The summed E-state index contributed by atoms with van der Waals surface area (Å²) in [6.07, 6.45) is 26.9. The molecule has 1 fully saturated rings. The predicted octanol–water partition coefficient (Wildman–Crippen LogP) is 18.8. The minimum Gasteiger partial charge on any atom is -0.462 e. The highest BCUT2D eigenvalue weighted by molar-refractivity contribution is 7.74. The molecule has 0 radical (unpaired) electrons. The summed E-state index contributed by atoms with van der Waals surface area (Å²) in [5, 5.41) is 3.81. The zero-order valence-electron chi connectivity index (χ0n) is 57.0. The van der Waals surface area contributed by atoms with Gasteiger partial charge in [-0.2, -0.15) is 0 Å². The van der Waals surface area contributed by atoms with Crippen LogP contribution in [-0.4, -0.2) is 80.1 Å². The maximum absolute atomic E-state index is 16.2. The van der Waals surface area contributed by atoms with E-state index in [1.54, 1.807) is 60.7 Å². The van der Waals surface area contributed by atoms with Crippen molar-refractivity contribution in [2.75, 3.05) is 13.2 Å². The van der Waals surface area contributed by atoms with Gasteiger partial charge in [0.15, 0.2) is 12.4 Å². The first kappa shape index (κ1) is 78.1. The monoisotopic (exact) mass is 1310 g/mol. The number of unbranched alkanes of at least 4 members (excludes halogenated alkanes) is 26. The molecule has 93 heavy (non-hydrogen) atoms. The van der Waals surface area contributed by atoms with Crippen LogP contribution in [0.2, 0.25) is 0 Å². The van der Waals surface area contributed by atoms with Gasteiger partial charge in [-0.25, -0.2) is 4.79 Å². The standard InChI is InChI=1S/C78H116NO13P/c1-5-9-12-15-18-21-22-25-28-31-46-57-72(81)89-67(52-41-30-27-24-20-17-14-11-7-3)60-73(82)91-76-74(79-71(80)59-66(86-61-64-47-36-32-37-48-64)51-40-29-26-23-19-16-13-10-6-2)77(85-58-8-4)90-70(63-88-78(83)87-62-65-49-38-33-39-50-65)75(76)92-93(84,68-53-42-34-43-54-68)69-55-44-35-45-56-69/h8,32-39,42-45,47-50,53-56,66-67,70,74-77H,4-7,9-31,40-41,46,51-52,57-63H2,1-3H3,(H,79,80)/t66-,67+,70+,74+,75+,76+,77-/m0/s1. The van der Waals surface area contributed by atoms with Crippen LogP contribution in [0, 0.1) is 0 Å². The van der Waals surface area contributed by atoms with Gasteiger partial charge in [0, 0.05) is 17.0 Å². The summed E-state index contributed by atoms with van der Waals surface area (Å²) in [7, 11) is -4.21. The molecule has 7 atom stereocenters. The van der Waals surface area contributed by atoms with E-state index in [4.69, 9.17) is 37.7 Å². The molecule has 1 amide bonds. The summed E-state index contributed by atoms with van der Waals surface area (Å²) in [5.41, 5.74) is 1.70. The Kier molecular flexibility index (Phi) is 41.1. The molecule has 0 saturated carbocycles. The van der Waals surface area contributed by atoms with Gasteiger partial charge in [-0.15, -0.1) is 6.58 Å². The maximum Gasteiger partial charge on any atom is 0.508 e. The van der Waals surface area contributed by atoms with Crippen LogP contribution in [0.3, 0.4) is 0 Å². The molecule has 15 heteroatoms. The molecule has 516 valence electrons. The molecule has 0 spiro atoms. The fourth-order valence-electron chi connectivity index (χ4n) is 12.0. The quantitative estimate of drug-likeness (QED) is 0.0146. The normalized spacial score (nSPS) is 17.0. The van der Waals surface area contributed by atoms with Gasteiger partial charge < -0.3 is 43.0 Å². The Morgan fingerprint density at radius 2 is 0.957 bits per heavy atom. The van der Waals surface area contributed by atoms with Crippen molar-refractivity contribution < 1.29 is 61.4 Å². The number of benzene rings is 4. The topological polar surface area (TPSA) is 171 Å². The summed E-state index contributed by atoms with van der Waals surface area (Å²) in [5.74, 6) is -1.58. The van der Waals surface area contributed by atoms with Crippen LogP contribution in [0.15, 0.2) is 134 Å². The van der Waals surface area contributed by atoms with Gasteiger partial charge >= 0.3 is 18.1 Å². The molecule has 1 heterocycles. The summed E-state index contributed by atoms with van der Waals surface area (Å²) < 4.78 is 67.4. The lowest BCUT2D eigenvalue weighted by Gasteiger charge is -2.46. The van der Waals surface area contributed by atoms with Gasteiger partial charge in [0.1, 0.15) is 37.6 Å². The number of esters is 2. The van der Waals surface area contributed by atoms with E-state index in [0.717, 1.165) is 88.2 Å². The zero-order valence-corrected chi connectivity index (χ0v) is 57.9. The third kappa shape index (κ3) is 32.6. The molecule has 4 aromatic carbocycles. The Hall–Kier alpha value is -5.63. The molecule has 0 aliphatic carbocycles. The van der Waals surface area contributed by atoms with Crippen molar-refractivity contribution >= 4 is 42.0 Å². The van der Waals surface area contributed by atoms with E-state index >= 15 is 14.2 Å². The number of ether oxygens (including phenoxy) is 7. The molecule has 1 N–H and O–H groups in total. The molecule has 0 unspecified atom stereocenters. The highest BCUT2D eigenvalue weighted by Gasteiger charge is 2.53. The predicted molar refractivity (Wildman–Crippen MR) is 373 cm³/mol. The molecular formula is C78H116NO13P. The number of rotatable bonds is 53. The second-order valence-electron chi connectivity index (χ2n) is 25.3. The van der Waals surface area contributed by atoms with Crippen LogP contribution in [0.5, 0.6) is 0 Å². The van der Waals surface area contributed by atoms with Crippen molar-refractivity contribution in [3.05, 3.63) is 145 Å². The largest absolute Gasteiger partial charge is 0.508 e. The second kappa shape index (κ2) is 49.0. The highest BCUT2D eigenvalue weighted by Crippen LogP contribution is 2.49. The Balaban J connectivity index is 1.49. The Morgan fingerprint density at radius 3 is 1.44 bits per heavy atom. The Morgan fingerprint density at radius 1 is 0.516 bits per heavy atom. The number of hydrogen-bond donors (Lipinski definition) is 1. The van der Waals surface area contributed by atoms with Crippen LogP contribution in [0.25, 0.3) is 0 Å². The van der Waals surface area contributed by atoms with Crippen molar-refractivity contribution in [1.29, 1.82) is 0 Å². The smallest absolute Gasteiger partial charge is 0.462 e. The zero-order chi connectivity index (χ0) is 66.2. The van der Waals surface area contributed by atoms with Crippen molar-refractivity contribution in [2.45, 2.75) is 295 Å². The Labute approximate surface area is 559 Å². The first-order valence-corrected chi connectivity index (χ1v) is 37.6. The van der Waals surface area contributed by atoms with Crippen LogP contribution < -0.4 is 15.9 Å². The minimum absolute atomic E-state index is 0.0665. The van der Waals surface area contributed by atoms with Gasteiger partial charge in [-0.3, -0.25) is 18.9 Å². The average molecular weight is 1310 g/mol. The summed E-state index contributed by atoms with van der Waals surface area (Å²) >= 11 is 0. The van der Waals surface area contributed by atoms with Gasteiger partial charge in [0.2, 0.25) is 5.91 Å². The third-order valence-corrected chi connectivity index (χ3v) is 19.8. The molecule has 4 aromatic rings. The van der Waals surface area contributed by atoms with E-state index in [1.165, 1.54) is 109 Å². The fraction of sp³-hybridized carbons (Fsp3) is 0.615. The van der Waals surface area contributed by atoms with Gasteiger partial charge in [-0.05, 0) is 61.1 Å². The molecular weight excluding hydrogens is 1190 g/mol. The summed E-state index contributed by atoms with van der Waals surface area (Å²) in [4.78, 5) is 57.7. The SMILES string of the molecule is C=CCO[C@H]1O[C@H](COC(=O)OCc2ccccc2)[C@@H](OP(=O)(c2ccccc2)c2ccccc2)[C@H](OC(=O)C[C@@H](CCCCCCCCCCC)OC(=O)CCCCCCCCCCCCC)[C@H]1NC(=O)C[C@H](CCCCCCCCCCC)OCc1ccccc1. The van der Waals surface area contributed by atoms with E-state index in [2.05, 4.69) is 32.7 Å². The number of carbonyl (C=O) groups excluding carboxylic acids is 4. The molecule has 1 aliphatic heterocycles. The van der Waals surface area contributed by atoms with E-state index in [-0.39, 0.29) is 45.1 Å². The van der Waals surface area contributed by atoms with Crippen molar-refractivity contribution in [3.63, 3.8) is 0 Å². The van der Waals surface area contributed by atoms with Crippen LogP contribution in [0.4, 0.5) is 4.79 Å². The average Bonchev–Trinajstić information content (AvgIpc) is 0.766. The van der Waals surface area contributed by atoms with Crippen LogP contribution in [0.1, 0.15) is 250 Å². The molecule has 1 aliphatic rings. The van der Waals surface area contributed by atoms with Gasteiger partial charge in [0.25, 0.3) is 7.37 Å². The molecule has 0 bridgehead atoms. The molecule has 5 rings (SSSR count). The minimum atomic E-state index is -4.21. The van der Waals surface area contributed by atoms with Crippen LogP contribution in [-0.2, 0) is 69.8 Å². The lowest BCUT2D eigenvalue weighted by Crippen LogP contribution is -2.66. The summed E-state index contributed by atoms with van der Waals surface area (Å²) in [6, 6.07) is 35.1. The van der Waals surface area contributed by atoms with Crippen molar-refractivity contribution in [2.24, 2.45) is 0 Å². The Bertz CT molecular complexity index is 2580. The number of hydrogen-bond acceptors (Lipinski definition) is 13. The number of carbonyl (C=O) groups is 4. The lowest BCUT2D eigenvalue weighted by atomic mass is 9.95. The number of amides is 1. The summed E-state index contributed by atoms with van der Waals surface area (Å²) in [6.45, 7) is 10.2.